The molecule has 1 aliphatic heterocycles. The molecular formula is C37H27NO3. The molecule has 7 aromatic rings. The van der Waals surface area contributed by atoms with Crippen molar-refractivity contribution >= 4 is 50.0 Å². The van der Waals surface area contributed by atoms with E-state index in [9.17, 15) is 4.79 Å². The fourth-order valence-corrected chi connectivity index (χ4v) is 6.53. The van der Waals surface area contributed by atoms with E-state index < -0.39 is 0 Å². The summed E-state index contributed by atoms with van der Waals surface area (Å²) < 4.78 is 11.9. The van der Waals surface area contributed by atoms with Crippen molar-refractivity contribution < 1.29 is 8.83 Å². The van der Waals surface area contributed by atoms with Gasteiger partial charge in [-0.05, 0) is 77.2 Å². The van der Waals surface area contributed by atoms with Crippen LogP contribution in [0.3, 0.4) is 0 Å². The van der Waals surface area contributed by atoms with Crippen molar-refractivity contribution in [3.8, 4) is 11.1 Å². The molecule has 0 atom stereocenters. The summed E-state index contributed by atoms with van der Waals surface area (Å²) in [6.07, 6.45) is 1.45. The van der Waals surface area contributed by atoms with Crippen molar-refractivity contribution in [3.05, 3.63) is 136 Å². The molecule has 2 aromatic heterocycles. The zero-order chi connectivity index (χ0) is 27.9. The van der Waals surface area contributed by atoms with Gasteiger partial charge in [-0.1, -0.05) is 62.4 Å². The molecule has 0 spiro atoms. The largest absolute Gasteiger partial charge is 0.464 e. The smallest absolute Gasteiger partial charge is 0.192 e. The lowest BCUT2D eigenvalue weighted by Gasteiger charge is -2.42. The molecule has 0 amide bonds. The number of hydrogen-bond acceptors (Lipinski definition) is 4. The summed E-state index contributed by atoms with van der Waals surface area (Å²) in [5.74, 6) is 0. The van der Waals surface area contributed by atoms with E-state index in [1.165, 1.54) is 23.5 Å². The Bertz CT molecular complexity index is 2220. The van der Waals surface area contributed by atoms with Crippen LogP contribution in [0.25, 0.3) is 44.0 Å². The molecule has 5 aromatic carbocycles. The minimum absolute atomic E-state index is 0.0369. The van der Waals surface area contributed by atoms with Gasteiger partial charge in [-0.25, -0.2) is 0 Å². The Kier molecular flexibility index (Phi) is 4.90. The van der Waals surface area contributed by atoms with Gasteiger partial charge in [-0.2, -0.15) is 0 Å². The van der Waals surface area contributed by atoms with Gasteiger partial charge in [0, 0.05) is 34.0 Å². The van der Waals surface area contributed by atoms with Crippen LogP contribution < -0.4 is 10.3 Å². The maximum atomic E-state index is 12.5. The third-order valence-electron chi connectivity index (χ3n) is 8.67. The number of anilines is 3. The summed E-state index contributed by atoms with van der Waals surface area (Å²) in [5.41, 5.74) is 11.2. The number of furan rings is 1. The maximum Gasteiger partial charge on any atom is 0.192 e. The van der Waals surface area contributed by atoms with Crippen LogP contribution in [0.15, 0.2) is 123 Å². The number of para-hydroxylation sites is 2. The van der Waals surface area contributed by atoms with Gasteiger partial charge in [0.15, 0.2) is 5.43 Å². The topological polar surface area (TPSA) is 46.6 Å². The third kappa shape index (κ3) is 3.44. The predicted octanol–water partition coefficient (Wildman–Crippen LogP) is 9.78. The molecule has 4 nitrogen and oxygen atoms in total. The van der Waals surface area contributed by atoms with Crippen LogP contribution in [0.4, 0.5) is 17.1 Å². The lowest BCUT2D eigenvalue weighted by Crippen LogP contribution is -2.30. The highest BCUT2D eigenvalue weighted by Crippen LogP contribution is 2.53. The molecular weight excluding hydrogens is 506 g/mol. The lowest BCUT2D eigenvalue weighted by molar-refractivity contribution is 0.602. The molecule has 8 rings (SSSR count). The van der Waals surface area contributed by atoms with Crippen LogP contribution >= 0.6 is 0 Å². The fourth-order valence-electron chi connectivity index (χ4n) is 6.53. The minimum atomic E-state index is -0.196. The van der Waals surface area contributed by atoms with Crippen molar-refractivity contribution in [1.29, 1.82) is 0 Å². The van der Waals surface area contributed by atoms with E-state index in [1.807, 2.05) is 31.2 Å². The van der Waals surface area contributed by atoms with Crippen LogP contribution in [0.2, 0.25) is 0 Å². The molecule has 0 saturated heterocycles. The predicted molar refractivity (Wildman–Crippen MR) is 167 cm³/mol. The quantitative estimate of drug-likeness (QED) is 0.222. The number of benzene rings is 5. The van der Waals surface area contributed by atoms with Gasteiger partial charge >= 0.3 is 0 Å². The molecule has 0 fully saturated rings. The Morgan fingerprint density at radius 3 is 2.29 bits per heavy atom. The normalized spacial score (nSPS) is 14.0. The highest BCUT2D eigenvalue weighted by atomic mass is 16.3. The Balaban J connectivity index is 1.32. The van der Waals surface area contributed by atoms with Crippen molar-refractivity contribution in [2.24, 2.45) is 0 Å². The number of rotatable bonds is 2. The first-order valence-corrected chi connectivity index (χ1v) is 13.9. The van der Waals surface area contributed by atoms with Gasteiger partial charge in [-0.3, -0.25) is 4.79 Å². The first-order chi connectivity index (χ1) is 19.9. The molecule has 4 heteroatoms. The van der Waals surface area contributed by atoms with Crippen molar-refractivity contribution in [2.75, 3.05) is 4.90 Å². The molecule has 0 N–H and O–H groups in total. The van der Waals surface area contributed by atoms with Crippen LogP contribution in [0.5, 0.6) is 0 Å². The SMILES string of the molecule is Cc1cc2occc(=O)c2cc1-c1ccc(N2c3ccccc3C(C)(C)c3cc4c(cc32)oc2ccccc24)cc1. The number of aryl methyl sites for hydroxylation is 1. The van der Waals surface area contributed by atoms with Crippen molar-refractivity contribution in [1.82, 2.24) is 0 Å². The van der Waals surface area contributed by atoms with E-state index in [4.69, 9.17) is 8.83 Å². The van der Waals surface area contributed by atoms with Gasteiger partial charge < -0.3 is 13.7 Å². The molecule has 0 aliphatic carbocycles. The fraction of sp³-hybridized carbons (Fsp3) is 0.108. The monoisotopic (exact) mass is 533 g/mol. The van der Waals surface area contributed by atoms with Gasteiger partial charge in [0.2, 0.25) is 0 Å². The van der Waals surface area contributed by atoms with Gasteiger partial charge in [0.25, 0.3) is 0 Å². The van der Waals surface area contributed by atoms with E-state index >= 15 is 0 Å². The summed E-state index contributed by atoms with van der Waals surface area (Å²) in [7, 11) is 0. The number of nitrogens with zero attached hydrogens (tertiary/aromatic N) is 1. The standard InChI is InChI=1S/C37H27NO3/c1-22-18-35-28(33(39)16-17-40-35)19-26(22)23-12-14-24(15-13-23)38-31-10-6-5-9-29(31)37(2,3)30-20-27-25-8-4-7-11-34(25)41-36(27)21-32(30)38/h4-21H,1-3H3. The van der Waals surface area contributed by atoms with Crippen LogP contribution in [0, 0.1) is 6.92 Å². The Hall–Kier alpha value is -5.09. The molecule has 0 unspecified atom stereocenters. The van der Waals surface area contributed by atoms with Crippen LogP contribution in [-0.2, 0) is 5.41 Å². The zero-order valence-corrected chi connectivity index (χ0v) is 23.1. The Labute approximate surface area is 237 Å². The number of hydrogen-bond donors (Lipinski definition) is 0. The second-order valence-corrected chi connectivity index (χ2v) is 11.4. The van der Waals surface area contributed by atoms with Gasteiger partial charge in [0.05, 0.1) is 23.0 Å². The van der Waals surface area contributed by atoms with E-state index in [-0.39, 0.29) is 10.8 Å². The Morgan fingerprint density at radius 1 is 0.659 bits per heavy atom. The highest BCUT2D eigenvalue weighted by Gasteiger charge is 2.37. The van der Waals surface area contributed by atoms with E-state index in [0.29, 0.717) is 11.0 Å². The first kappa shape index (κ1) is 23.8. The van der Waals surface area contributed by atoms with E-state index in [1.54, 1.807) is 0 Å². The van der Waals surface area contributed by atoms with Crippen molar-refractivity contribution in [2.45, 2.75) is 26.2 Å². The first-order valence-electron chi connectivity index (χ1n) is 13.9. The average molecular weight is 534 g/mol. The summed E-state index contributed by atoms with van der Waals surface area (Å²) >= 11 is 0. The van der Waals surface area contributed by atoms with E-state index in [0.717, 1.165) is 55.7 Å². The zero-order valence-electron chi connectivity index (χ0n) is 23.1. The molecule has 0 bridgehead atoms. The minimum Gasteiger partial charge on any atom is -0.464 e. The highest BCUT2D eigenvalue weighted by molar-refractivity contribution is 6.07. The second kappa shape index (κ2) is 8.45. The lowest BCUT2D eigenvalue weighted by atomic mass is 9.73. The molecule has 41 heavy (non-hydrogen) atoms. The summed E-state index contributed by atoms with van der Waals surface area (Å²) in [4.78, 5) is 14.8. The van der Waals surface area contributed by atoms with Crippen LogP contribution in [0.1, 0.15) is 30.5 Å². The third-order valence-corrected chi connectivity index (χ3v) is 8.67. The Morgan fingerprint density at radius 2 is 1.44 bits per heavy atom. The van der Waals surface area contributed by atoms with Gasteiger partial charge in [-0.15, -0.1) is 0 Å². The molecule has 0 saturated carbocycles. The summed E-state index contributed by atoms with van der Waals surface area (Å²) in [6, 6.07) is 35.4. The van der Waals surface area contributed by atoms with Crippen LogP contribution in [-0.4, -0.2) is 0 Å². The molecule has 3 heterocycles. The summed E-state index contributed by atoms with van der Waals surface area (Å²) in [5, 5.41) is 2.86. The molecule has 1 aliphatic rings. The van der Waals surface area contributed by atoms with Crippen molar-refractivity contribution in [3.63, 3.8) is 0 Å². The molecule has 198 valence electrons. The average Bonchev–Trinajstić information content (AvgIpc) is 3.35. The maximum absolute atomic E-state index is 12.5. The van der Waals surface area contributed by atoms with E-state index in [2.05, 4.69) is 91.5 Å². The second-order valence-electron chi connectivity index (χ2n) is 11.4. The van der Waals surface area contributed by atoms with Gasteiger partial charge in [0.1, 0.15) is 16.7 Å². The summed E-state index contributed by atoms with van der Waals surface area (Å²) in [6.45, 7) is 6.66. The molecule has 0 radical (unpaired) electrons. The number of fused-ring (bicyclic) bond motifs is 6.